The average molecular weight is 322 g/mol. The molecule has 2 amide bonds. The number of rotatable bonds is 4. The van der Waals surface area contributed by atoms with Crippen LogP contribution in [0.2, 0.25) is 0 Å². The Balaban J connectivity index is 1.45. The molecule has 24 heavy (non-hydrogen) atoms. The van der Waals surface area contributed by atoms with Crippen molar-refractivity contribution in [3.63, 3.8) is 0 Å². The van der Waals surface area contributed by atoms with Gasteiger partial charge in [-0.25, -0.2) is 9.97 Å². The smallest absolute Gasteiger partial charge is 0.229 e. The van der Waals surface area contributed by atoms with Crippen molar-refractivity contribution in [3.8, 4) is 0 Å². The largest absolute Gasteiger partial charge is 0.326 e. The second kappa shape index (κ2) is 5.70. The third-order valence-electron chi connectivity index (χ3n) is 4.28. The Bertz CT molecular complexity index is 843. The van der Waals surface area contributed by atoms with Crippen LogP contribution in [0, 0.1) is 6.92 Å². The Kier molecular flexibility index (Phi) is 3.52. The Labute approximate surface area is 139 Å². The zero-order chi connectivity index (χ0) is 16.7. The molecular weight excluding hydrogens is 304 g/mol. The highest BCUT2D eigenvalue weighted by molar-refractivity contribution is 5.99. The van der Waals surface area contributed by atoms with Crippen LogP contribution in [0.1, 0.15) is 41.4 Å². The quantitative estimate of drug-likeness (QED) is 0.905. The summed E-state index contributed by atoms with van der Waals surface area (Å²) < 4.78 is 0. The van der Waals surface area contributed by atoms with Gasteiger partial charge in [-0.3, -0.25) is 9.59 Å². The molecule has 1 aromatic heterocycles. The summed E-state index contributed by atoms with van der Waals surface area (Å²) in [6.07, 6.45) is 2.96. The molecule has 1 aliphatic carbocycles. The van der Waals surface area contributed by atoms with Gasteiger partial charge in [-0.15, -0.1) is 0 Å². The van der Waals surface area contributed by atoms with E-state index in [1.807, 2.05) is 31.2 Å². The molecule has 0 atom stereocenters. The number of hydrogen-bond acceptors (Lipinski definition) is 4. The van der Waals surface area contributed by atoms with Gasteiger partial charge in [-0.05, 0) is 37.0 Å². The first-order chi connectivity index (χ1) is 11.6. The van der Waals surface area contributed by atoms with Crippen molar-refractivity contribution < 1.29 is 9.59 Å². The predicted octanol–water partition coefficient (Wildman–Crippen LogP) is 2.34. The van der Waals surface area contributed by atoms with E-state index in [0.717, 1.165) is 35.3 Å². The summed E-state index contributed by atoms with van der Waals surface area (Å²) in [7, 11) is 0. The Morgan fingerprint density at radius 2 is 2.12 bits per heavy atom. The molecule has 0 unspecified atom stereocenters. The highest BCUT2D eigenvalue weighted by atomic mass is 16.2. The van der Waals surface area contributed by atoms with Gasteiger partial charge in [0.15, 0.2) is 0 Å². The van der Waals surface area contributed by atoms with Crippen LogP contribution in [0.4, 0.5) is 11.5 Å². The maximum atomic E-state index is 12.3. The third kappa shape index (κ3) is 3.13. The van der Waals surface area contributed by atoms with Crippen LogP contribution in [0.5, 0.6) is 0 Å². The first-order valence-electron chi connectivity index (χ1n) is 8.14. The molecule has 1 saturated carbocycles. The molecule has 1 aromatic carbocycles. The second-order valence-corrected chi connectivity index (χ2v) is 6.44. The lowest BCUT2D eigenvalue weighted by Gasteiger charge is -2.08. The fourth-order valence-electron chi connectivity index (χ4n) is 2.99. The van der Waals surface area contributed by atoms with Crippen molar-refractivity contribution in [1.29, 1.82) is 0 Å². The van der Waals surface area contributed by atoms with Crippen molar-refractivity contribution >= 4 is 23.3 Å². The lowest BCUT2D eigenvalue weighted by atomic mass is 10.1. The van der Waals surface area contributed by atoms with Crippen LogP contribution in [0.25, 0.3) is 0 Å². The van der Waals surface area contributed by atoms with Crippen LogP contribution < -0.4 is 10.6 Å². The Morgan fingerprint density at radius 1 is 1.29 bits per heavy atom. The molecule has 2 N–H and O–H groups in total. The van der Waals surface area contributed by atoms with Crippen LogP contribution in [-0.2, 0) is 22.4 Å². The van der Waals surface area contributed by atoms with Crippen molar-refractivity contribution in [2.45, 2.75) is 38.5 Å². The lowest BCUT2D eigenvalue weighted by Crippen LogP contribution is -2.16. The van der Waals surface area contributed by atoms with E-state index >= 15 is 0 Å². The van der Waals surface area contributed by atoms with E-state index in [4.69, 9.17) is 0 Å². The van der Waals surface area contributed by atoms with Gasteiger partial charge >= 0.3 is 0 Å². The van der Waals surface area contributed by atoms with Gasteiger partial charge in [0.2, 0.25) is 11.8 Å². The highest BCUT2D eigenvalue weighted by Gasteiger charge is 2.26. The van der Waals surface area contributed by atoms with E-state index in [9.17, 15) is 9.59 Å². The molecule has 122 valence electrons. The van der Waals surface area contributed by atoms with Crippen LogP contribution in [0.3, 0.4) is 0 Å². The molecule has 2 aliphatic rings. The van der Waals surface area contributed by atoms with Gasteiger partial charge in [0.05, 0.1) is 12.8 Å². The summed E-state index contributed by atoms with van der Waals surface area (Å²) in [5, 5.41) is 5.66. The van der Waals surface area contributed by atoms with E-state index in [2.05, 4.69) is 20.6 Å². The fraction of sp³-hybridized carbons (Fsp3) is 0.333. The van der Waals surface area contributed by atoms with E-state index in [1.165, 1.54) is 0 Å². The molecule has 0 radical (unpaired) electrons. The zero-order valence-corrected chi connectivity index (χ0v) is 13.4. The van der Waals surface area contributed by atoms with Crippen molar-refractivity contribution in [2.75, 3.05) is 10.6 Å². The SMILES string of the molecule is Cc1nc(NC(=O)Cc2ccc3c(c2)NC(=O)C3)cc(C2CC2)n1. The first-order valence-corrected chi connectivity index (χ1v) is 8.14. The average Bonchev–Trinajstić information content (AvgIpc) is 3.28. The maximum Gasteiger partial charge on any atom is 0.229 e. The van der Waals surface area contributed by atoms with Gasteiger partial charge in [-0.1, -0.05) is 12.1 Å². The van der Waals surface area contributed by atoms with Gasteiger partial charge in [-0.2, -0.15) is 0 Å². The molecule has 6 heteroatoms. The minimum absolute atomic E-state index is 0.00401. The predicted molar refractivity (Wildman–Crippen MR) is 89.9 cm³/mol. The van der Waals surface area contributed by atoms with Crippen LogP contribution >= 0.6 is 0 Å². The number of amides is 2. The van der Waals surface area contributed by atoms with E-state index in [0.29, 0.717) is 24.0 Å². The number of hydrogen-bond donors (Lipinski definition) is 2. The lowest BCUT2D eigenvalue weighted by molar-refractivity contribution is -0.116. The summed E-state index contributed by atoms with van der Waals surface area (Å²) in [5.74, 6) is 1.62. The molecule has 2 aromatic rings. The number of carbonyl (C=O) groups is 2. The summed E-state index contributed by atoms with van der Waals surface area (Å²) in [6, 6.07) is 7.52. The van der Waals surface area contributed by atoms with Crippen molar-refractivity contribution in [2.24, 2.45) is 0 Å². The number of nitrogens with zero attached hydrogens (tertiary/aromatic N) is 2. The highest BCUT2D eigenvalue weighted by Crippen LogP contribution is 2.39. The maximum absolute atomic E-state index is 12.3. The fourth-order valence-corrected chi connectivity index (χ4v) is 2.99. The van der Waals surface area contributed by atoms with E-state index < -0.39 is 0 Å². The van der Waals surface area contributed by atoms with Crippen molar-refractivity contribution in [1.82, 2.24) is 9.97 Å². The summed E-state index contributed by atoms with van der Waals surface area (Å²) in [4.78, 5) is 32.4. The van der Waals surface area contributed by atoms with Crippen LogP contribution in [0.15, 0.2) is 24.3 Å². The van der Waals surface area contributed by atoms with E-state index in [-0.39, 0.29) is 18.2 Å². The molecule has 1 aliphatic heterocycles. The summed E-state index contributed by atoms with van der Waals surface area (Å²) >= 11 is 0. The number of nitrogens with one attached hydrogen (secondary N) is 2. The molecule has 4 rings (SSSR count). The molecule has 0 bridgehead atoms. The molecule has 0 saturated heterocycles. The molecule has 0 spiro atoms. The zero-order valence-electron chi connectivity index (χ0n) is 13.4. The van der Waals surface area contributed by atoms with E-state index in [1.54, 1.807) is 0 Å². The first kappa shape index (κ1) is 14.8. The standard InChI is InChI=1S/C18H18N4O2/c1-10-19-15(12-4-5-12)9-16(20-10)22-17(23)7-11-2-3-13-8-18(24)21-14(13)6-11/h2-3,6,9,12H,4-5,7-8H2,1H3,(H,21,24)(H,19,20,22,23). The van der Waals surface area contributed by atoms with Gasteiger partial charge in [0.1, 0.15) is 11.6 Å². The van der Waals surface area contributed by atoms with Gasteiger partial charge < -0.3 is 10.6 Å². The number of aromatic nitrogens is 2. The molecule has 1 fully saturated rings. The number of aryl methyl sites for hydroxylation is 1. The minimum Gasteiger partial charge on any atom is -0.326 e. The summed E-state index contributed by atoms with van der Waals surface area (Å²) in [6.45, 7) is 1.84. The van der Waals surface area contributed by atoms with Gasteiger partial charge in [0.25, 0.3) is 0 Å². The van der Waals surface area contributed by atoms with Crippen molar-refractivity contribution in [3.05, 3.63) is 46.9 Å². The normalized spacial score (nSPS) is 15.8. The Morgan fingerprint density at radius 3 is 2.92 bits per heavy atom. The number of fused-ring (bicyclic) bond motifs is 1. The molecule has 6 nitrogen and oxygen atoms in total. The van der Waals surface area contributed by atoms with Gasteiger partial charge in [0, 0.05) is 23.4 Å². The number of benzene rings is 1. The minimum atomic E-state index is -0.126. The number of anilines is 2. The Hall–Kier alpha value is -2.76. The topological polar surface area (TPSA) is 84.0 Å². The molecular formula is C18H18N4O2. The monoisotopic (exact) mass is 322 g/mol. The van der Waals surface area contributed by atoms with Crippen LogP contribution in [-0.4, -0.2) is 21.8 Å². The second-order valence-electron chi connectivity index (χ2n) is 6.44. The summed E-state index contributed by atoms with van der Waals surface area (Å²) in [5.41, 5.74) is 3.66. The third-order valence-corrected chi connectivity index (χ3v) is 4.28. The molecule has 2 heterocycles. The number of carbonyl (C=O) groups excluding carboxylic acids is 2.